The fourth-order valence-electron chi connectivity index (χ4n) is 0.250. The topological polar surface area (TPSA) is 72.4 Å². The molecule has 9 heavy (non-hydrogen) atoms. The van der Waals surface area contributed by atoms with Gasteiger partial charge in [-0.3, -0.25) is 0 Å². The molecule has 0 saturated carbocycles. The summed E-state index contributed by atoms with van der Waals surface area (Å²) in [6.45, 7) is 0. The van der Waals surface area contributed by atoms with Crippen molar-refractivity contribution in [2.75, 3.05) is 7.11 Å². The summed E-state index contributed by atoms with van der Waals surface area (Å²) in [5.74, 6) is -1.94. The van der Waals surface area contributed by atoms with Crippen LogP contribution in [0.15, 0.2) is 12.0 Å². The zero-order valence-electron chi connectivity index (χ0n) is 4.92. The number of carboxylic acids is 1. The van der Waals surface area contributed by atoms with Crippen LogP contribution in [0.3, 0.4) is 0 Å². The summed E-state index contributed by atoms with van der Waals surface area (Å²) in [6.07, 6.45) is 0.502. The minimum absolute atomic E-state index is 0.396. The van der Waals surface area contributed by atoms with Gasteiger partial charge in [-0.2, -0.15) is 0 Å². The van der Waals surface area contributed by atoms with Gasteiger partial charge >= 0.3 is 0 Å². The van der Waals surface area contributed by atoms with E-state index in [1.165, 1.54) is 7.11 Å². The molecule has 0 aromatic heterocycles. The van der Waals surface area contributed by atoms with Crippen molar-refractivity contribution in [3.63, 3.8) is 0 Å². The van der Waals surface area contributed by atoms with Crippen LogP contribution in [0.4, 0.5) is 0 Å². The van der Waals surface area contributed by atoms with Gasteiger partial charge in [-0.1, -0.05) is 6.08 Å². The molecule has 0 rings (SSSR count). The largest absolute Gasteiger partial charge is 0.617 e. The first-order chi connectivity index (χ1) is 4.16. The summed E-state index contributed by atoms with van der Waals surface area (Å²) in [4.78, 5) is 9.67. The SMILES string of the molecule is CO/C([O-])=C\CC(=O)[O-]. The summed E-state index contributed by atoms with van der Waals surface area (Å²) in [6, 6.07) is 0. The van der Waals surface area contributed by atoms with Crippen molar-refractivity contribution < 1.29 is 19.7 Å². The summed E-state index contributed by atoms with van der Waals surface area (Å²) in [5.41, 5.74) is 0. The van der Waals surface area contributed by atoms with Gasteiger partial charge in [0.05, 0.1) is 0 Å². The summed E-state index contributed by atoms with van der Waals surface area (Å²) < 4.78 is 4.12. The Balaban J connectivity index is 3.56. The number of methoxy groups -OCH3 is 1. The number of rotatable bonds is 3. The van der Waals surface area contributed by atoms with Crippen molar-refractivity contribution in [2.24, 2.45) is 0 Å². The molecule has 0 fully saturated rings. The number of hydrogen-bond donors (Lipinski definition) is 0. The second-order valence-electron chi connectivity index (χ2n) is 1.30. The van der Waals surface area contributed by atoms with E-state index in [4.69, 9.17) is 0 Å². The second-order valence-corrected chi connectivity index (χ2v) is 1.30. The summed E-state index contributed by atoms with van der Waals surface area (Å²) >= 11 is 0. The highest BCUT2D eigenvalue weighted by Crippen LogP contribution is 1.85. The van der Waals surface area contributed by atoms with E-state index in [0.717, 1.165) is 6.08 Å². The lowest BCUT2D eigenvalue weighted by Crippen LogP contribution is -2.21. The van der Waals surface area contributed by atoms with Crippen LogP contribution in [-0.4, -0.2) is 13.1 Å². The summed E-state index contributed by atoms with van der Waals surface area (Å²) in [5, 5.41) is 19.8. The molecule has 0 aromatic carbocycles. The number of ether oxygens (including phenoxy) is 1. The molecule has 0 saturated heterocycles. The molecule has 0 aliphatic carbocycles. The molecule has 0 radical (unpaired) electrons. The Morgan fingerprint density at radius 2 is 2.22 bits per heavy atom. The third kappa shape index (κ3) is 4.67. The maximum atomic E-state index is 10.1. The number of carboxylic acid groups (broad SMARTS) is 1. The molecule has 0 aliphatic heterocycles. The fraction of sp³-hybridized carbons (Fsp3) is 0.400. The molecular formula is C5H6O4-2. The number of aliphatic carboxylic acids is 1. The van der Waals surface area contributed by atoms with Crippen LogP contribution in [0.2, 0.25) is 0 Å². The van der Waals surface area contributed by atoms with Crippen molar-refractivity contribution in [1.29, 1.82) is 0 Å². The number of hydrogen-bond acceptors (Lipinski definition) is 4. The molecule has 0 amide bonds. The Labute approximate surface area is 52.4 Å². The van der Waals surface area contributed by atoms with Gasteiger partial charge in [0, 0.05) is 18.3 Å². The highest BCUT2D eigenvalue weighted by molar-refractivity contribution is 5.66. The summed E-state index contributed by atoms with van der Waals surface area (Å²) in [7, 11) is 1.17. The number of carbonyl (C=O) groups is 1. The molecule has 0 unspecified atom stereocenters. The van der Waals surface area contributed by atoms with Gasteiger partial charge in [0.25, 0.3) is 0 Å². The Bertz CT molecular complexity index is 127. The van der Waals surface area contributed by atoms with E-state index in [2.05, 4.69) is 4.74 Å². The zero-order valence-corrected chi connectivity index (χ0v) is 4.92. The van der Waals surface area contributed by atoms with Gasteiger partial charge < -0.3 is 19.7 Å². The predicted octanol–water partition coefficient (Wildman–Crippen LogP) is -2.03. The molecule has 0 aromatic rings. The van der Waals surface area contributed by atoms with Crippen molar-refractivity contribution in [3.05, 3.63) is 12.0 Å². The molecule has 0 spiro atoms. The second kappa shape index (κ2) is 3.77. The molecule has 0 aliphatic rings. The normalized spacial score (nSPS) is 11.0. The monoisotopic (exact) mass is 130 g/mol. The lowest BCUT2D eigenvalue weighted by molar-refractivity contribution is -0.354. The van der Waals surface area contributed by atoms with Crippen molar-refractivity contribution in [1.82, 2.24) is 0 Å². The van der Waals surface area contributed by atoms with Crippen LogP contribution in [-0.2, 0) is 9.53 Å². The third-order valence-corrected chi connectivity index (χ3v) is 0.637. The van der Waals surface area contributed by atoms with E-state index in [0.29, 0.717) is 0 Å². The van der Waals surface area contributed by atoms with Crippen LogP contribution in [0.5, 0.6) is 0 Å². The van der Waals surface area contributed by atoms with Crippen molar-refractivity contribution in [3.8, 4) is 0 Å². The minimum atomic E-state index is -1.29. The Kier molecular flexibility index (Phi) is 3.27. The van der Waals surface area contributed by atoms with Gasteiger partial charge in [-0.15, -0.1) is 0 Å². The third-order valence-electron chi connectivity index (χ3n) is 0.637. The minimum Gasteiger partial charge on any atom is -0.617 e. The average Bonchev–Trinajstić information content (AvgIpc) is 1.83. The van der Waals surface area contributed by atoms with Crippen molar-refractivity contribution in [2.45, 2.75) is 6.42 Å². The Hall–Kier alpha value is -1.19. The van der Waals surface area contributed by atoms with Gasteiger partial charge in [0.15, 0.2) is 0 Å². The maximum Gasteiger partial charge on any atom is 0.0472 e. The lowest BCUT2D eigenvalue weighted by atomic mass is 10.4. The van der Waals surface area contributed by atoms with Crippen LogP contribution >= 0.6 is 0 Å². The zero-order chi connectivity index (χ0) is 7.28. The lowest BCUT2D eigenvalue weighted by Gasteiger charge is -2.07. The van der Waals surface area contributed by atoms with E-state index >= 15 is 0 Å². The molecule has 0 atom stereocenters. The van der Waals surface area contributed by atoms with Crippen LogP contribution in [0.1, 0.15) is 6.42 Å². The molecular weight excluding hydrogens is 124 g/mol. The predicted molar refractivity (Wildman–Crippen MR) is 24.7 cm³/mol. The van der Waals surface area contributed by atoms with E-state index in [1.54, 1.807) is 0 Å². The first-order valence-corrected chi connectivity index (χ1v) is 2.28. The van der Waals surface area contributed by atoms with Gasteiger partial charge in [-0.25, -0.2) is 0 Å². The van der Waals surface area contributed by atoms with Crippen LogP contribution < -0.4 is 10.2 Å². The van der Waals surface area contributed by atoms with E-state index in [9.17, 15) is 15.0 Å². The van der Waals surface area contributed by atoms with Gasteiger partial charge in [0.1, 0.15) is 0 Å². The van der Waals surface area contributed by atoms with E-state index in [-0.39, 0.29) is 0 Å². The Morgan fingerprint density at radius 1 is 1.67 bits per heavy atom. The molecule has 0 bridgehead atoms. The quantitative estimate of drug-likeness (QED) is 0.413. The molecule has 0 N–H and O–H groups in total. The highest BCUT2D eigenvalue weighted by Gasteiger charge is 1.78. The van der Waals surface area contributed by atoms with Crippen LogP contribution in [0, 0.1) is 0 Å². The molecule has 4 heteroatoms. The standard InChI is InChI=1S/C5H8O4/c1-9-5(8)3-2-4(6)7/h3,8H,2H2,1H3,(H,6,7)/p-2/b5-3-. The highest BCUT2D eigenvalue weighted by atomic mass is 16.6. The van der Waals surface area contributed by atoms with E-state index < -0.39 is 18.3 Å². The van der Waals surface area contributed by atoms with Crippen LogP contribution in [0.25, 0.3) is 0 Å². The first kappa shape index (κ1) is 7.81. The van der Waals surface area contributed by atoms with Crippen molar-refractivity contribution >= 4 is 5.97 Å². The molecule has 0 heterocycles. The smallest absolute Gasteiger partial charge is 0.0472 e. The molecule has 52 valence electrons. The first-order valence-electron chi connectivity index (χ1n) is 2.28. The fourth-order valence-corrected chi connectivity index (χ4v) is 0.250. The Morgan fingerprint density at radius 3 is 2.56 bits per heavy atom. The molecule has 4 nitrogen and oxygen atoms in total. The average molecular weight is 130 g/mol. The van der Waals surface area contributed by atoms with Gasteiger partial charge in [-0.05, 0) is 7.11 Å². The van der Waals surface area contributed by atoms with Gasteiger partial charge in [0.2, 0.25) is 0 Å². The number of carbonyl (C=O) groups excluding carboxylic acids is 1. The van der Waals surface area contributed by atoms with E-state index in [1.807, 2.05) is 0 Å². The maximum absolute atomic E-state index is 10.1.